The Labute approximate surface area is 204 Å². The molecular formula is C25H37NO4. The Balaban J connectivity index is 2.38. The van der Waals surface area contributed by atoms with Gasteiger partial charge in [-0.1, -0.05) is 49.1 Å². The molecule has 0 bridgehead atoms. The molecule has 2 rings (SSSR count). The van der Waals surface area contributed by atoms with Gasteiger partial charge in [-0.25, -0.2) is 0 Å². The largest absolute Gasteiger partial charge is 0.508 e. The molecule has 0 amide bonds. The van der Waals surface area contributed by atoms with E-state index in [9.17, 15) is 15.3 Å². The topological polar surface area (TPSA) is 82.0 Å². The summed E-state index contributed by atoms with van der Waals surface area (Å²) in [5.41, 5.74) is -0.139. The van der Waals surface area contributed by atoms with E-state index in [0.717, 1.165) is 23.8 Å². The van der Waals surface area contributed by atoms with Crippen molar-refractivity contribution in [2.45, 2.75) is 57.4 Å². The number of hydrogen-bond donors (Lipinski definition) is 4. The van der Waals surface area contributed by atoms with E-state index in [0.29, 0.717) is 6.42 Å². The quantitative estimate of drug-likeness (QED) is 0.321. The molecule has 0 saturated heterocycles. The minimum Gasteiger partial charge on any atom is -0.508 e. The Hall–Kier alpha value is -1.92. The maximum Gasteiger partial charge on any atom is 0.121 e. The fourth-order valence-corrected chi connectivity index (χ4v) is 2.29. The van der Waals surface area contributed by atoms with Gasteiger partial charge in [-0.15, -0.1) is 0 Å². The van der Waals surface area contributed by atoms with Gasteiger partial charge in [0.25, 0.3) is 0 Å². The molecule has 2 aromatic rings. The molecule has 4 N–H and O–H groups in total. The van der Waals surface area contributed by atoms with Gasteiger partial charge in [-0.05, 0) is 61.8 Å². The van der Waals surface area contributed by atoms with E-state index in [1.54, 1.807) is 30.3 Å². The number of ether oxygens (including phenoxy) is 1. The molecule has 0 aliphatic rings. The van der Waals surface area contributed by atoms with Gasteiger partial charge in [0, 0.05) is 41.6 Å². The molecule has 0 radical (unpaired) electrons. The molecule has 166 valence electrons. The number of aryl methyl sites for hydroxylation is 1. The number of phenols is 1. The lowest BCUT2D eigenvalue weighted by Crippen LogP contribution is -2.22. The number of nitrogens with one attached hydrogen (secondary N) is 1. The van der Waals surface area contributed by atoms with Crippen molar-refractivity contribution in [2.75, 3.05) is 26.1 Å². The fraction of sp³-hybridized carbons (Fsp3) is 0.520. The van der Waals surface area contributed by atoms with Crippen LogP contribution in [0.3, 0.4) is 0 Å². The normalized spacial score (nSPS) is 25.5. The van der Waals surface area contributed by atoms with E-state index in [1.165, 1.54) is 5.32 Å². The highest BCUT2D eigenvalue weighted by molar-refractivity contribution is 5.36. The summed E-state index contributed by atoms with van der Waals surface area (Å²) < 4.78 is 144. The molecule has 30 heavy (non-hydrogen) atoms. The van der Waals surface area contributed by atoms with Crippen LogP contribution in [0.15, 0.2) is 48.5 Å². The molecule has 0 aliphatic heterocycles. The van der Waals surface area contributed by atoms with Gasteiger partial charge in [0.15, 0.2) is 0 Å². The monoisotopic (exact) mass is 432 g/mol. The van der Waals surface area contributed by atoms with Crippen molar-refractivity contribution in [3.63, 3.8) is 0 Å². The second-order valence-electron chi connectivity index (χ2n) is 5.91. The van der Waals surface area contributed by atoms with Crippen LogP contribution in [0.1, 0.15) is 84.4 Å². The minimum atomic E-state index is -4.41. The average Bonchev–Trinajstić information content (AvgIpc) is 2.91. The average molecular weight is 433 g/mol. The van der Waals surface area contributed by atoms with Crippen LogP contribution in [0.25, 0.3) is 0 Å². The zero-order valence-corrected chi connectivity index (χ0v) is 16.2. The van der Waals surface area contributed by atoms with Crippen LogP contribution >= 0.6 is 0 Å². The van der Waals surface area contributed by atoms with Crippen LogP contribution in [0.2, 0.25) is 0 Å². The Morgan fingerprint density at radius 3 is 2.60 bits per heavy atom. The minimum absolute atomic E-state index is 0.0774. The Kier molecular flexibility index (Phi) is 4.84. The third-order valence-electron chi connectivity index (χ3n) is 3.78. The second kappa shape index (κ2) is 15.0. The molecule has 5 heteroatoms. The molecular weight excluding hydrogens is 378 g/mol. The molecule has 0 aromatic heterocycles. The van der Waals surface area contributed by atoms with Crippen molar-refractivity contribution in [2.24, 2.45) is 0 Å². The van der Waals surface area contributed by atoms with Crippen LogP contribution in [-0.4, -0.2) is 41.4 Å². The summed E-state index contributed by atoms with van der Waals surface area (Å²) in [6.07, 6.45) is -21.0. The molecule has 1 atom stereocenters. The van der Waals surface area contributed by atoms with E-state index < -0.39 is 82.0 Å². The standard InChI is InChI=1S/C25H37NO4/c27-20-23-18-22(13-14-24(23)28)25(29)19-26-15-7-1-2-8-16-30-17-9-6-12-21-10-4-3-5-11-21/h3-5,10-11,13-14,18,25-29H,1-2,6-9,12,15-17,19-20H2/i1D2,2D2,7D2,8D2,15D2,16D2,17D2,19D2,25D. The van der Waals surface area contributed by atoms with E-state index in [1.807, 2.05) is 0 Å². The Bertz CT molecular complexity index is 1370. The lowest BCUT2D eigenvalue weighted by molar-refractivity contribution is 0.126. The number of aliphatic hydroxyl groups excluding tert-OH is 1. The summed E-state index contributed by atoms with van der Waals surface area (Å²) in [7, 11) is 0. The highest BCUT2D eigenvalue weighted by Crippen LogP contribution is 2.22. The van der Waals surface area contributed by atoms with Gasteiger partial charge in [-0.2, -0.15) is 0 Å². The van der Waals surface area contributed by atoms with Crippen molar-refractivity contribution < 1.29 is 43.4 Å². The van der Waals surface area contributed by atoms with Crippen molar-refractivity contribution in [3.05, 3.63) is 65.2 Å². The molecule has 0 saturated carbocycles. The first-order valence-corrected chi connectivity index (χ1v) is 9.13. The molecule has 5 nitrogen and oxygen atoms in total. The highest BCUT2D eigenvalue weighted by atomic mass is 16.5. The number of hydrogen-bond acceptors (Lipinski definition) is 5. The van der Waals surface area contributed by atoms with Gasteiger partial charge in [0.1, 0.15) is 5.75 Å². The Morgan fingerprint density at radius 1 is 1.00 bits per heavy atom. The molecule has 0 fully saturated rings. The van der Waals surface area contributed by atoms with E-state index in [2.05, 4.69) is 0 Å². The lowest BCUT2D eigenvalue weighted by Gasteiger charge is -2.14. The molecule has 1 unspecified atom stereocenters. The van der Waals surface area contributed by atoms with Crippen LogP contribution in [-0.2, 0) is 17.8 Å². The van der Waals surface area contributed by atoms with Gasteiger partial charge < -0.3 is 25.4 Å². The van der Waals surface area contributed by atoms with Gasteiger partial charge in [-0.3, -0.25) is 0 Å². The summed E-state index contributed by atoms with van der Waals surface area (Å²) in [5.74, 6) is -0.499. The first-order valence-electron chi connectivity index (χ1n) is 17.6. The van der Waals surface area contributed by atoms with Gasteiger partial charge >= 0.3 is 0 Å². The summed E-state index contributed by atoms with van der Waals surface area (Å²) >= 11 is 0. The van der Waals surface area contributed by atoms with E-state index >= 15 is 0 Å². The van der Waals surface area contributed by atoms with Crippen molar-refractivity contribution in [1.82, 2.24) is 5.32 Å². The summed E-state index contributed by atoms with van der Waals surface area (Å²) in [6.45, 7) is -15.6. The fourth-order valence-electron chi connectivity index (χ4n) is 2.29. The SMILES string of the molecule is [2H]C([2H])(CCCc1ccccc1)OC([2H])([2H])C([2H])([2H])C([2H])([2H])C([2H])([2H])C([2H])([2H])C([2H])([2H])NC([2H])([2H])C([2H])(O)c1ccc(O)c(CO)c1. The molecule has 0 spiro atoms. The first-order chi connectivity index (χ1) is 20.9. The predicted molar refractivity (Wildman–Crippen MR) is 121 cm³/mol. The van der Waals surface area contributed by atoms with E-state index in [4.69, 9.17) is 28.0 Å². The van der Waals surface area contributed by atoms with Crippen LogP contribution in [0.5, 0.6) is 5.75 Å². The second-order valence-corrected chi connectivity index (χ2v) is 5.91. The summed E-state index contributed by atoms with van der Waals surface area (Å²) in [5, 5.41) is 31.1. The maximum absolute atomic E-state index is 10.7. The molecule has 2 aromatic carbocycles. The van der Waals surface area contributed by atoms with Crippen molar-refractivity contribution in [3.8, 4) is 5.75 Å². The summed E-state index contributed by atoms with van der Waals surface area (Å²) in [4.78, 5) is 0. The summed E-state index contributed by atoms with van der Waals surface area (Å²) in [6, 6.07) is 11.3. The number of aliphatic hydroxyl groups is 2. The smallest absolute Gasteiger partial charge is 0.121 e. The van der Waals surface area contributed by atoms with Gasteiger partial charge in [0.05, 0.1) is 19.5 Å². The zero-order valence-electron chi connectivity index (χ0n) is 33.2. The predicted octanol–water partition coefficient (Wildman–Crippen LogP) is 4.11. The van der Waals surface area contributed by atoms with Gasteiger partial charge in [0.2, 0.25) is 0 Å². The van der Waals surface area contributed by atoms with Crippen LogP contribution < -0.4 is 5.32 Å². The molecule has 0 heterocycles. The third-order valence-corrected chi connectivity index (χ3v) is 3.78. The highest BCUT2D eigenvalue weighted by Gasteiger charge is 2.09. The Morgan fingerprint density at radius 2 is 1.80 bits per heavy atom. The maximum atomic E-state index is 10.7. The van der Waals surface area contributed by atoms with Crippen molar-refractivity contribution >= 4 is 0 Å². The van der Waals surface area contributed by atoms with Crippen LogP contribution in [0, 0.1) is 0 Å². The lowest BCUT2D eigenvalue weighted by atomic mass is 10.1. The van der Waals surface area contributed by atoms with E-state index in [-0.39, 0.29) is 12.0 Å². The number of benzene rings is 2. The number of aromatic hydroxyl groups is 1. The third kappa shape index (κ3) is 9.72. The first kappa shape index (κ1) is 9.70. The zero-order chi connectivity index (χ0) is 36.7. The number of rotatable bonds is 16. The van der Waals surface area contributed by atoms with Crippen LogP contribution in [0.4, 0.5) is 0 Å². The van der Waals surface area contributed by atoms with Crippen molar-refractivity contribution in [1.29, 1.82) is 0 Å². The molecule has 0 aliphatic carbocycles.